The van der Waals surface area contributed by atoms with Crippen LogP contribution in [-0.4, -0.2) is 43.8 Å². The van der Waals surface area contributed by atoms with Gasteiger partial charge in [0.2, 0.25) is 0 Å². The van der Waals surface area contributed by atoms with Crippen molar-refractivity contribution in [3.05, 3.63) is 35.9 Å². The summed E-state index contributed by atoms with van der Waals surface area (Å²) in [6, 6.07) is 11.5. The number of rotatable bonds is 3. The van der Waals surface area contributed by atoms with Gasteiger partial charge in [-0.1, -0.05) is 30.3 Å². The number of nitrogens with one attached hydrogen (secondary N) is 1. The van der Waals surface area contributed by atoms with Crippen molar-refractivity contribution in [3.8, 4) is 0 Å². The average molecular weight is 260 g/mol. The predicted molar refractivity (Wildman–Crippen MR) is 77.1 cm³/mol. The highest BCUT2D eigenvalue weighted by Crippen LogP contribution is 2.21. The van der Waals surface area contributed by atoms with Crippen LogP contribution in [0.15, 0.2) is 30.3 Å². The summed E-state index contributed by atoms with van der Waals surface area (Å²) in [5.41, 5.74) is 1.43. The molecule has 2 saturated heterocycles. The van der Waals surface area contributed by atoms with Gasteiger partial charge in [-0.2, -0.15) is 0 Å². The molecule has 0 unspecified atom stereocenters. The fourth-order valence-corrected chi connectivity index (χ4v) is 3.26. The Hall–Kier alpha value is -0.900. The molecule has 2 aliphatic heterocycles. The Labute approximate surface area is 115 Å². The van der Waals surface area contributed by atoms with Crippen LogP contribution in [0.25, 0.3) is 0 Å². The first kappa shape index (κ1) is 13.1. The second-order valence-corrected chi connectivity index (χ2v) is 5.73. The number of benzene rings is 1. The molecular formula is C16H24N2O. The van der Waals surface area contributed by atoms with Crippen LogP contribution in [0.4, 0.5) is 0 Å². The zero-order valence-electron chi connectivity index (χ0n) is 11.6. The molecule has 0 bridgehead atoms. The lowest BCUT2D eigenvalue weighted by atomic mass is 9.90. The van der Waals surface area contributed by atoms with Gasteiger partial charge >= 0.3 is 0 Å². The number of nitrogens with zero attached hydrogens (tertiary/aromatic N) is 1. The van der Waals surface area contributed by atoms with Crippen LogP contribution in [0.5, 0.6) is 0 Å². The van der Waals surface area contributed by atoms with Gasteiger partial charge in [0.25, 0.3) is 0 Å². The highest BCUT2D eigenvalue weighted by Gasteiger charge is 2.28. The molecule has 0 spiro atoms. The van der Waals surface area contributed by atoms with Crippen LogP contribution in [0.1, 0.15) is 18.4 Å². The van der Waals surface area contributed by atoms with E-state index in [2.05, 4.69) is 40.5 Å². The fourth-order valence-electron chi connectivity index (χ4n) is 3.26. The van der Waals surface area contributed by atoms with Crippen molar-refractivity contribution in [1.82, 2.24) is 10.2 Å². The van der Waals surface area contributed by atoms with Crippen molar-refractivity contribution in [2.75, 3.05) is 32.8 Å². The molecular weight excluding hydrogens is 236 g/mol. The second kappa shape index (κ2) is 6.51. The average Bonchev–Trinajstić information content (AvgIpc) is 2.49. The van der Waals surface area contributed by atoms with Crippen molar-refractivity contribution in [1.29, 1.82) is 0 Å². The molecule has 0 saturated carbocycles. The lowest BCUT2D eigenvalue weighted by molar-refractivity contribution is 0.0399. The highest BCUT2D eigenvalue weighted by molar-refractivity contribution is 5.14. The summed E-state index contributed by atoms with van der Waals surface area (Å²) in [6.07, 6.45) is 2.44. The minimum atomic E-state index is 0.654. The Bertz CT molecular complexity index is 376. The van der Waals surface area contributed by atoms with Gasteiger partial charge in [-0.05, 0) is 24.3 Å². The number of hydrogen-bond donors (Lipinski definition) is 1. The third-order valence-corrected chi connectivity index (χ3v) is 4.37. The second-order valence-electron chi connectivity index (χ2n) is 5.73. The van der Waals surface area contributed by atoms with Crippen LogP contribution < -0.4 is 5.32 Å². The maximum absolute atomic E-state index is 5.47. The zero-order chi connectivity index (χ0) is 12.9. The van der Waals surface area contributed by atoms with Gasteiger partial charge in [0.15, 0.2) is 0 Å². The van der Waals surface area contributed by atoms with Crippen LogP contribution in [0.2, 0.25) is 0 Å². The van der Waals surface area contributed by atoms with E-state index in [0.717, 1.165) is 38.8 Å². The van der Waals surface area contributed by atoms with Crippen LogP contribution in [0, 0.1) is 5.92 Å². The topological polar surface area (TPSA) is 24.5 Å². The van der Waals surface area contributed by atoms with E-state index in [1.165, 1.54) is 24.9 Å². The Morgan fingerprint density at radius 3 is 2.74 bits per heavy atom. The lowest BCUT2D eigenvalue weighted by Gasteiger charge is -2.39. The monoisotopic (exact) mass is 260 g/mol. The Kier molecular flexibility index (Phi) is 4.49. The van der Waals surface area contributed by atoms with Gasteiger partial charge in [0.1, 0.15) is 0 Å². The molecule has 104 valence electrons. The van der Waals surface area contributed by atoms with Gasteiger partial charge in [-0.15, -0.1) is 0 Å². The van der Waals surface area contributed by atoms with E-state index in [1.54, 1.807) is 0 Å². The number of ether oxygens (including phenoxy) is 1. The van der Waals surface area contributed by atoms with Crippen molar-refractivity contribution in [2.24, 2.45) is 5.92 Å². The molecule has 0 aliphatic carbocycles. The van der Waals surface area contributed by atoms with E-state index in [4.69, 9.17) is 4.74 Å². The highest BCUT2D eigenvalue weighted by atomic mass is 16.5. The third-order valence-electron chi connectivity index (χ3n) is 4.37. The van der Waals surface area contributed by atoms with Crippen LogP contribution >= 0.6 is 0 Å². The zero-order valence-corrected chi connectivity index (χ0v) is 11.6. The maximum atomic E-state index is 5.47. The van der Waals surface area contributed by atoms with E-state index in [0.29, 0.717) is 6.04 Å². The molecule has 2 aliphatic rings. The van der Waals surface area contributed by atoms with Crippen molar-refractivity contribution < 1.29 is 4.74 Å². The summed E-state index contributed by atoms with van der Waals surface area (Å²) in [7, 11) is 0. The van der Waals surface area contributed by atoms with Crippen molar-refractivity contribution in [2.45, 2.75) is 25.4 Å². The van der Waals surface area contributed by atoms with Gasteiger partial charge < -0.3 is 10.1 Å². The first-order chi connectivity index (χ1) is 9.42. The van der Waals surface area contributed by atoms with E-state index in [9.17, 15) is 0 Å². The normalized spacial score (nSPS) is 26.4. The Balaban J connectivity index is 1.55. The largest absolute Gasteiger partial charge is 0.381 e. The third kappa shape index (κ3) is 3.56. The predicted octanol–water partition coefficient (Wildman–Crippen LogP) is 1.89. The molecule has 0 aromatic heterocycles. The summed E-state index contributed by atoms with van der Waals surface area (Å²) in [5.74, 6) is 0.798. The van der Waals surface area contributed by atoms with E-state index >= 15 is 0 Å². The van der Waals surface area contributed by atoms with E-state index < -0.39 is 0 Å². The quantitative estimate of drug-likeness (QED) is 0.898. The smallest absolute Gasteiger partial charge is 0.0469 e. The first-order valence-corrected chi connectivity index (χ1v) is 7.49. The van der Waals surface area contributed by atoms with Gasteiger partial charge in [-0.25, -0.2) is 0 Å². The number of hydrogen-bond acceptors (Lipinski definition) is 3. The number of piperazine rings is 1. The molecule has 0 amide bonds. The SMILES string of the molecule is c1ccc(CN2CCN[C@@H](C3CCOCC3)C2)cc1. The summed E-state index contributed by atoms with van der Waals surface area (Å²) in [6.45, 7) is 6.44. The fraction of sp³-hybridized carbons (Fsp3) is 0.625. The van der Waals surface area contributed by atoms with Gasteiger partial charge in [0.05, 0.1) is 0 Å². The van der Waals surface area contributed by atoms with Crippen molar-refractivity contribution >= 4 is 0 Å². The molecule has 1 atom stereocenters. The summed E-state index contributed by atoms with van der Waals surface area (Å²) in [4.78, 5) is 2.59. The molecule has 2 fully saturated rings. The molecule has 1 aromatic carbocycles. The molecule has 3 nitrogen and oxygen atoms in total. The molecule has 3 rings (SSSR count). The minimum absolute atomic E-state index is 0.654. The molecule has 1 N–H and O–H groups in total. The van der Waals surface area contributed by atoms with Crippen LogP contribution in [-0.2, 0) is 11.3 Å². The minimum Gasteiger partial charge on any atom is -0.381 e. The molecule has 0 radical (unpaired) electrons. The summed E-state index contributed by atoms with van der Waals surface area (Å²) in [5, 5.41) is 3.71. The first-order valence-electron chi connectivity index (χ1n) is 7.49. The Morgan fingerprint density at radius 1 is 1.16 bits per heavy atom. The molecule has 1 aromatic rings. The van der Waals surface area contributed by atoms with E-state index in [1.807, 2.05) is 0 Å². The summed E-state index contributed by atoms with van der Waals surface area (Å²) < 4.78 is 5.47. The van der Waals surface area contributed by atoms with E-state index in [-0.39, 0.29) is 0 Å². The molecule has 2 heterocycles. The van der Waals surface area contributed by atoms with Crippen LogP contribution in [0.3, 0.4) is 0 Å². The van der Waals surface area contributed by atoms with Crippen molar-refractivity contribution in [3.63, 3.8) is 0 Å². The molecule has 3 heteroatoms. The summed E-state index contributed by atoms with van der Waals surface area (Å²) >= 11 is 0. The Morgan fingerprint density at radius 2 is 1.95 bits per heavy atom. The molecule has 19 heavy (non-hydrogen) atoms. The lowest BCUT2D eigenvalue weighted by Crippen LogP contribution is -2.54. The maximum Gasteiger partial charge on any atom is 0.0469 e. The standard InChI is InChI=1S/C16H24N2O/c1-2-4-14(5-3-1)12-18-9-8-17-16(13-18)15-6-10-19-11-7-15/h1-5,15-17H,6-13H2/t16-/m1/s1. The van der Waals surface area contributed by atoms with Gasteiger partial charge in [0, 0.05) is 45.4 Å². The van der Waals surface area contributed by atoms with Gasteiger partial charge in [-0.3, -0.25) is 4.90 Å².